The lowest BCUT2D eigenvalue weighted by atomic mass is 10.0. The lowest BCUT2D eigenvalue weighted by molar-refractivity contribution is -0.145. The van der Waals surface area contributed by atoms with Crippen LogP contribution in [-0.4, -0.2) is 53.0 Å². The van der Waals surface area contributed by atoms with Gasteiger partial charge in [0.1, 0.15) is 6.04 Å². The fourth-order valence-electron chi connectivity index (χ4n) is 3.22. The molecule has 3 rings (SSSR count). The number of piperidine rings is 1. The quantitative estimate of drug-likeness (QED) is 0.678. The van der Waals surface area contributed by atoms with Gasteiger partial charge in [0.05, 0.1) is 6.54 Å². The molecule has 2 amide bonds. The Kier molecular flexibility index (Phi) is 5.88. The number of rotatable bonds is 7. The highest BCUT2D eigenvalue weighted by Gasteiger charge is 2.29. The van der Waals surface area contributed by atoms with E-state index >= 15 is 0 Å². The van der Waals surface area contributed by atoms with E-state index in [4.69, 9.17) is 0 Å². The molecule has 1 aromatic carbocycles. The zero-order valence-electron chi connectivity index (χ0n) is 14.7. The molecular weight excluding hydrogens is 334 g/mol. The zero-order valence-corrected chi connectivity index (χ0v) is 14.7. The summed E-state index contributed by atoms with van der Waals surface area (Å²) in [5.74, 6) is -1.16. The molecule has 3 N–H and O–H groups in total. The first-order chi connectivity index (χ1) is 12.5. The van der Waals surface area contributed by atoms with Gasteiger partial charge in [0.25, 0.3) is 5.91 Å². The zero-order chi connectivity index (χ0) is 18.5. The number of nitrogens with one attached hydrogen (secondary N) is 2. The molecule has 0 aromatic heterocycles. The Hall–Kier alpha value is -2.41. The average Bonchev–Trinajstić information content (AvgIpc) is 3.44. The van der Waals surface area contributed by atoms with Crippen molar-refractivity contribution < 1.29 is 19.5 Å². The van der Waals surface area contributed by atoms with E-state index in [9.17, 15) is 19.5 Å². The molecule has 1 saturated carbocycles. The summed E-state index contributed by atoms with van der Waals surface area (Å²) >= 11 is 0. The van der Waals surface area contributed by atoms with Crippen molar-refractivity contribution in [2.75, 3.05) is 13.1 Å². The van der Waals surface area contributed by atoms with Crippen LogP contribution in [0.1, 0.15) is 48.0 Å². The van der Waals surface area contributed by atoms with Crippen molar-refractivity contribution in [1.82, 2.24) is 15.5 Å². The van der Waals surface area contributed by atoms with Crippen LogP contribution in [0.3, 0.4) is 0 Å². The summed E-state index contributed by atoms with van der Waals surface area (Å²) in [7, 11) is 0. The number of carbonyl (C=O) groups is 3. The predicted octanol–water partition coefficient (Wildman–Crippen LogP) is 1.13. The Labute approximate surface area is 152 Å². The Bertz CT molecular complexity index is 687. The summed E-state index contributed by atoms with van der Waals surface area (Å²) in [6, 6.07) is 6.91. The van der Waals surface area contributed by atoms with Gasteiger partial charge in [0, 0.05) is 18.2 Å². The second kappa shape index (κ2) is 8.31. The molecule has 140 valence electrons. The summed E-state index contributed by atoms with van der Waals surface area (Å²) in [5.41, 5.74) is 1.43. The van der Waals surface area contributed by atoms with Crippen molar-refractivity contribution in [2.24, 2.45) is 0 Å². The molecule has 0 spiro atoms. The number of nitrogens with zero attached hydrogens (tertiary/aromatic N) is 1. The molecule has 1 unspecified atom stereocenters. The molecule has 1 atom stereocenters. The SMILES string of the molecule is O=C(CN1CCCCC1C(=O)O)NCc1cccc(C(=O)NC2CC2)c1. The number of carboxylic acid groups (broad SMARTS) is 1. The standard InChI is InChI=1S/C19H25N3O4/c23-17(12-22-9-2-1-6-16(22)19(25)26)20-11-13-4-3-5-14(10-13)18(24)21-15-7-8-15/h3-5,10,15-16H,1-2,6-9,11-12H2,(H,20,23)(H,21,24)(H,25,26). The highest BCUT2D eigenvalue weighted by atomic mass is 16.4. The first kappa shape index (κ1) is 18.4. The molecule has 7 nitrogen and oxygen atoms in total. The van der Waals surface area contributed by atoms with Crippen molar-refractivity contribution >= 4 is 17.8 Å². The van der Waals surface area contributed by atoms with Gasteiger partial charge in [-0.25, -0.2) is 0 Å². The van der Waals surface area contributed by atoms with E-state index in [1.807, 2.05) is 6.07 Å². The second-order valence-electron chi connectivity index (χ2n) is 7.05. The molecule has 7 heteroatoms. The molecule has 1 aromatic rings. The van der Waals surface area contributed by atoms with Crippen molar-refractivity contribution in [1.29, 1.82) is 0 Å². The van der Waals surface area contributed by atoms with Crippen molar-refractivity contribution in [3.63, 3.8) is 0 Å². The normalized spacial score (nSPS) is 20.4. The average molecular weight is 359 g/mol. The number of amides is 2. The first-order valence-corrected chi connectivity index (χ1v) is 9.16. The van der Waals surface area contributed by atoms with Gasteiger partial charge in [0.2, 0.25) is 5.91 Å². The van der Waals surface area contributed by atoms with Gasteiger partial charge in [-0.15, -0.1) is 0 Å². The fraction of sp³-hybridized carbons (Fsp3) is 0.526. The smallest absolute Gasteiger partial charge is 0.320 e. The minimum absolute atomic E-state index is 0.0822. The van der Waals surface area contributed by atoms with E-state index in [-0.39, 0.29) is 18.4 Å². The van der Waals surface area contributed by atoms with Crippen LogP contribution < -0.4 is 10.6 Å². The Balaban J connectivity index is 1.50. The van der Waals surface area contributed by atoms with Gasteiger partial charge in [-0.1, -0.05) is 18.6 Å². The monoisotopic (exact) mass is 359 g/mol. The van der Waals surface area contributed by atoms with E-state index in [1.165, 1.54) is 0 Å². The summed E-state index contributed by atoms with van der Waals surface area (Å²) in [4.78, 5) is 37.3. The van der Waals surface area contributed by atoms with Gasteiger partial charge in [-0.3, -0.25) is 19.3 Å². The number of aliphatic carboxylic acids is 1. The summed E-state index contributed by atoms with van der Waals surface area (Å²) in [6.07, 6.45) is 4.45. The van der Waals surface area contributed by atoms with Gasteiger partial charge in [-0.2, -0.15) is 0 Å². The molecule has 0 radical (unpaired) electrons. The van der Waals surface area contributed by atoms with E-state index in [0.29, 0.717) is 31.1 Å². The largest absolute Gasteiger partial charge is 0.480 e. The third-order valence-corrected chi connectivity index (χ3v) is 4.84. The lowest BCUT2D eigenvalue weighted by Gasteiger charge is -2.32. The Morgan fingerprint density at radius 2 is 1.96 bits per heavy atom. The molecule has 1 saturated heterocycles. The van der Waals surface area contributed by atoms with Gasteiger partial charge >= 0.3 is 5.97 Å². The molecule has 26 heavy (non-hydrogen) atoms. The number of hydrogen-bond donors (Lipinski definition) is 3. The fourth-order valence-corrected chi connectivity index (χ4v) is 3.22. The minimum atomic E-state index is -0.869. The van der Waals surface area contributed by atoms with E-state index in [1.54, 1.807) is 23.1 Å². The molecule has 2 fully saturated rings. The second-order valence-corrected chi connectivity index (χ2v) is 7.05. The summed E-state index contributed by atoms with van der Waals surface area (Å²) in [5, 5.41) is 15.0. The number of likely N-dealkylation sites (tertiary alicyclic amines) is 1. The molecule has 1 heterocycles. The van der Waals surface area contributed by atoms with Crippen LogP contribution in [0, 0.1) is 0 Å². The van der Waals surface area contributed by atoms with Crippen LogP contribution in [0.4, 0.5) is 0 Å². The van der Waals surface area contributed by atoms with Gasteiger partial charge in [0.15, 0.2) is 0 Å². The van der Waals surface area contributed by atoms with Crippen molar-refractivity contribution in [3.05, 3.63) is 35.4 Å². The van der Waals surface area contributed by atoms with E-state index < -0.39 is 12.0 Å². The molecule has 2 aliphatic rings. The summed E-state index contributed by atoms with van der Waals surface area (Å²) < 4.78 is 0. The van der Waals surface area contributed by atoms with Crippen LogP contribution in [0.5, 0.6) is 0 Å². The minimum Gasteiger partial charge on any atom is -0.480 e. The first-order valence-electron chi connectivity index (χ1n) is 9.16. The Morgan fingerprint density at radius 3 is 2.69 bits per heavy atom. The third-order valence-electron chi connectivity index (χ3n) is 4.84. The van der Waals surface area contributed by atoms with Crippen molar-refractivity contribution in [3.8, 4) is 0 Å². The predicted molar refractivity (Wildman–Crippen MR) is 95.6 cm³/mol. The topological polar surface area (TPSA) is 98.7 Å². The highest BCUT2D eigenvalue weighted by molar-refractivity contribution is 5.94. The summed E-state index contributed by atoms with van der Waals surface area (Å²) in [6.45, 7) is 1.02. The molecule has 0 bridgehead atoms. The molecular formula is C19H25N3O4. The van der Waals surface area contributed by atoms with E-state index in [2.05, 4.69) is 10.6 Å². The maximum absolute atomic E-state index is 12.2. The van der Waals surface area contributed by atoms with Crippen LogP contribution >= 0.6 is 0 Å². The number of carbonyl (C=O) groups excluding carboxylic acids is 2. The molecule has 1 aliphatic carbocycles. The van der Waals surface area contributed by atoms with Crippen molar-refractivity contribution in [2.45, 2.75) is 50.7 Å². The number of hydrogen-bond acceptors (Lipinski definition) is 4. The number of benzene rings is 1. The lowest BCUT2D eigenvalue weighted by Crippen LogP contribution is -2.48. The highest BCUT2D eigenvalue weighted by Crippen LogP contribution is 2.19. The Morgan fingerprint density at radius 1 is 1.15 bits per heavy atom. The van der Waals surface area contributed by atoms with Crippen LogP contribution in [-0.2, 0) is 16.1 Å². The van der Waals surface area contributed by atoms with Crippen LogP contribution in [0.15, 0.2) is 24.3 Å². The molecule has 1 aliphatic heterocycles. The third kappa shape index (κ3) is 5.05. The van der Waals surface area contributed by atoms with Crippen LogP contribution in [0.2, 0.25) is 0 Å². The maximum atomic E-state index is 12.2. The van der Waals surface area contributed by atoms with Gasteiger partial charge in [-0.05, 0) is 49.9 Å². The van der Waals surface area contributed by atoms with Gasteiger partial charge < -0.3 is 15.7 Å². The van der Waals surface area contributed by atoms with Crippen LogP contribution in [0.25, 0.3) is 0 Å². The maximum Gasteiger partial charge on any atom is 0.320 e. The number of carboxylic acids is 1. The van der Waals surface area contributed by atoms with E-state index in [0.717, 1.165) is 31.2 Å².